The molecule has 3 rings (SSSR count). The second-order valence-electron chi connectivity index (χ2n) is 5.21. The Morgan fingerprint density at radius 3 is 2.78 bits per heavy atom. The lowest BCUT2D eigenvalue weighted by atomic mass is 10.2. The van der Waals surface area contributed by atoms with Crippen LogP contribution in [0.3, 0.4) is 0 Å². The molecule has 3 aromatic rings. The summed E-state index contributed by atoms with van der Waals surface area (Å²) in [7, 11) is 0. The Morgan fingerprint density at radius 1 is 1.22 bits per heavy atom. The van der Waals surface area contributed by atoms with Crippen LogP contribution in [0.5, 0.6) is 5.75 Å². The maximum Gasteiger partial charge on any atom is 0.387 e. The highest BCUT2D eigenvalue weighted by molar-refractivity contribution is 6.33. The summed E-state index contributed by atoms with van der Waals surface area (Å²) in [5.74, 6) is -0.506. The quantitative estimate of drug-likeness (QED) is 0.641. The molecule has 0 saturated heterocycles. The maximum atomic E-state index is 12.5. The Balaban J connectivity index is 1.80. The van der Waals surface area contributed by atoms with E-state index in [4.69, 9.17) is 11.6 Å². The molecule has 27 heavy (non-hydrogen) atoms. The highest BCUT2D eigenvalue weighted by Gasteiger charge is 2.12. The molecule has 1 N–H and O–H groups in total. The van der Waals surface area contributed by atoms with Crippen molar-refractivity contribution in [2.24, 2.45) is 0 Å². The molecule has 1 aromatic heterocycles. The number of anilines is 1. The maximum absolute atomic E-state index is 12.5. The summed E-state index contributed by atoms with van der Waals surface area (Å²) in [5.41, 5.74) is 1.22. The number of hydrogen-bond donors (Lipinski definition) is 1. The lowest BCUT2D eigenvalue weighted by Crippen LogP contribution is -2.11. The zero-order valence-electron chi connectivity index (χ0n) is 13.7. The van der Waals surface area contributed by atoms with Crippen molar-refractivity contribution in [2.45, 2.75) is 6.61 Å². The zero-order chi connectivity index (χ0) is 19.2. The molecule has 6 nitrogen and oxygen atoms in total. The summed E-state index contributed by atoms with van der Waals surface area (Å²) in [6.45, 7) is -2.95. The number of para-hydroxylation sites is 2. The number of halogens is 3. The molecule has 0 unspecified atom stereocenters. The zero-order valence-corrected chi connectivity index (χ0v) is 14.5. The van der Waals surface area contributed by atoms with Crippen LogP contribution >= 0.6 is 11.6 Å². The van der Waals surface area contributed by atoms with Gasteiger partial charge in [0.25, 0.3) is 0 Å². The third kappa shape index (κ3) is 4.68. The third-order valence-corrected chi connectivity index (χ3v) is 3.75. The fraction of sp³-hybridized carbons (Fsp3) is 0.0556. The molecule has 0 atom stereocenters. The molecule has 1 heterocycles. The average Bonchev–Trinajstić information content (AvgIpc) is 3.15. The van der Waals surface area contributed by atoms with E-state index in [0.29, 0.717) is 22.0 Å². The van der Waals surface area contributed by atoms with E-state index in [0.717, 1.165) is 0 Å². The minimum atomic E-state index is -2.95. The lowest BCUT2D eigenvalue weighted by Gasteiger charge is -2.11. The number of nitrogens with zero attached hydrogens (tertiary/aromatic N) is 3. The van der Waals surface area contributed by atoms with Crippen molar-refractivity contribution in [1.29, 1.82) is 0 Å². The van der Waals surface area contributed by atoms with Gasteiger partial charge in [-0.1, -0.05) is 35.9 Å². The standard InChI is InChI=1S/C18H13ClF2N4O2/c19-13-5-3-6-14(17(13)25-11-22-10-23-25)24-16(26)9-8-12-4-1-2-7-15(12)27-18(20)21/h1-11,18H,(H,24,26)/b9-8+. The first-order valence-electron chi connectivity index (χ1n) is 7.71. The number of ether oxygens (including phenoxy) is 1. The first-order valence-corrected chi connectivity index (χ1v) is 8.09. The first-order chi connectivity index (χ1) is 13.0. The summed E-state index contributed by atoms with van der Waals surface area (Å²) >= 11 is 6.20. The van der Waals surface area contributed by atoms with Crippen LogP contribution in [0.15, 0.2) is 61.2 Å². The first kappa shape index (κ1) is 18.5. The number of benzene rings is 2. The molecule has 0 fully saturated rings. The number of aromatic nitrogens is 3. The van der Waals surface area contributed by atoms with Gasteiger partial charge in [-0.25, -0.2) is 9.67 Å². The van der Waals surface area contributed by atoms with Crippen LogP contribution in [0.25, 0.3) is 11.8 Å². The second-order valence-corrected chi connectivity index (χ2v) is 5.62. The van der Waals surface area contributed by atoms with E-state index in [9.17, 15) is 13.6 Å². The van der Waals surface area contributed by atoms with Gasteiger partial charge in [-0.3, -0.25) is 4.79 Å². The molecular weight excluding hydrogens is 378 g/mol. The number of nitrogens with one attached hydrogen (secondary N) is 1. The van der Waals surface area contributed by atoms with Gasteiger partial charge >= 0.3 is 6.61 Å². The fourth-order valence-corrected chi connectivity index (χ4v) is 2.60. The van der Waals surface area contributed by atoms with E-state index in [1.54, 1.807) is 36.4 Å². The molecule has 0 radical (unpaired) electrons. The van der Waals surface area contributed by atoms with Gasteiger partial charge in [-0.05, 0) is 24.3 Å². The highest BCUT2D eigenvalue weighted by atomic mass is 35.5. The largest absolute Gasteiger partial charge is 0.434 e. The predicted octanol–water partition coefficient (Wildman–Crippen LogP) is 4.17. The van der Waals surface area contributed by atoms with Crippen molar-refractivity contribution >= 4 is 29.3 Å². The topological polar surface area (TPSA) is 69.0 Å². The Bertz CT molecular complexity index is 962. The van der Waals surface area contributed by atoms with Crippen molar-refractivity contribution in [3.63, 3.8) is 0 Å². The molecule has 0 bridgehead atoms. The molecule has 0 spiro atoms. The van der Waals surface area contributed by atoms with Crippen LogP contribution in [0.1, 0.15) is 5.56 Å². The van der Waals surface area contributed by atoms with E-state index in [2.05, 4.69) is 20.1 Å². The van der Waals surface area contributed by atoms with Crippen LogP contribution in [-0.2, 0) is 4.79 Å². The molecule has 0 saturated carbocycles. The lowest BCUT2D eigenvalue weighted by molar-refractivity contribution is -0.111. The summed E-state index contributed by atoms with van der Waals surface area (Å²) < 4.78 is 30.8. The molecule has 9 heteroatoms. The van der Waals surface area contributed by atoms with Crippen molar-refractivity contribution in [3.8, 4) is 11.4 Å². The minimum absolute atomic E-state index is 0.0254. The number of rotatable bonds is 6. The van der Waals surface area contributed by atoms with Gasteiger partial charge in [-0.2, -0.15) is 13.9 Å². The Kier molecular flexibility index (Phi) is 5.77. The number of hydrogen-bond acceptors (Lipinski definition) is 4. The summed E-state index contributed by atoms with van der Waals surface area (Å²) in [6.07, 6.45) is 5.38. The monoisotopic (exact) mass is 390 g/mol. The van der Waals surface area contributed by atoms with Crippen LogP contribution in [0, 0.1) is 0 Å². The number of carbonyl (C=O) groups excluding carboxylic acids is 1. The number of alkyl halides is 2. The summed E-state index contributed by atoms with van der Waals surface area (Å²) in [4.78, 5) is 16.1. The van der Waals surface area contributed by atoms with Gasteiger partial charge in [0, 0.05) is 11.6 Å². The number of carbonyl (C=O) groups is 1. The van der Waals surface area contributed by atoms with E-state index in [1.807, 2.05) is 0 Å². The highest BCUT2D eigenvalue weighted by Crippen LogP contribution is 2.28. The molecule has 0 aliphatic rings. The predicted molar refractivity (Wildman–Crippen MR) is 97.1 cm³/mol. The number of amides is 1. The SMILES string of the molecule is O=C(/C=C/c1ccccc1OC(F)F)Nc1cccc(Cl)c1-n1cncn1. The Morgan fingerprint density at radius 2 is 2.04 bits per heavy atom. The van der Waals surface area contributed by atoms with Crippen LogP contribution in [-0.4, -0.2) is 27.3 Å². The summed E-state index contributed by atoms with van der Waals surface area (Å²) in [6, 6.07) is 11.1. The molecule has 0 aliphatic heterocycles. The normalized spacial score (nSPS) is 11.1. The molecule has 2 aromatic carbocycles. The van der Waals surface area contributed by atoms with E-state index >= 15 is 0 Å². The fourth-order valence-electron chi connectivity index (χ4n) is 2.33. The van der Waals surface area contributed by atoms with Crippen molar-refractivity contribution in [1.82, 2.24) is 14.8 Å². The van der Waals surface area contributed by atoms with Crippen molar-refractivity contribution in [3.05, 3.63) is 71.8 Å². The Labute approximate surface area is 158 Å². The molecular formula is C18H13ClF2N4O2. The van der Waals surface area contributed by atoms with Crippen LogP contribution in [0.2, 0.25) is 5.02 Å². The van der Waals surface area contributed by atoms with E-state index in [1.165, 1.54) is 35.6 Å². The average molecular weight is 391 g/mol. The van der Waals surface area contributed by atoms with Gasteiger partial charge < -0.3 is 10.1 Å². The molecule has 138 valence electrons. The smallest absolute Gasteiger partial charge is 0.387 e. The van der Waals surface area contributed by atoms with E-state index in [-0.39, 0.29) is 5.75 Å². The molecule has 1 amide bonds. The molecule has 0 aliphatic carbocycles. The van der Waals surface area contributed by atoms with E-state index < -0.39 is 12.5 Å². The van der Waals surface area contributed by atoms with Gasteiger partial charge in [0.2, 0.25) is 5.91 Å². The second kappa shape index (κ2) is 8.41. The van der Waals surface area contributed by atoms with Gasteiger partial charge in [0.15, 0.2) is 0 Å². The van der Waals surface area contributed by atoms with Crippen molar-refractivity contribution < 1.29 is 18.3 Å². The van der Waals surface area contributed by atoms with Gasteiger partial charge in [0.05, 0.1) is 10.7 Å². The van der Waals surface area contributed by atoms with Gasteiger partial charge in [0.1, 0.15) is 24.1 Å². The minimum Gasteiger partial charge on any atom is -0.434 e. The van der Waals surface area contributed by atoms with Crippen molar-refractivity contribution in [2.75, 3.05) is 5.32 Å². The van der Waals surface area contributed by atoms with Crippen LogP contribution in [0.4, 0.5) is 14.5 Å². The van der Waals surface area contributed by atoms with Gasteiger partial charge in [-0.15, -0.1) is 0 Å². The Hall–Kier alpha value is -3.26. The third-order valence-electron chi connectivity index (χ3n) is 3.44. The summed E-state index contributed by atoms with van der Waals surface area (Å²) in [5, 5.41) is 7.07. The van der Waals surface area contributed by atoms with Crippen LogP contribution < -0.4 is 10.1 Å².